The predicted molar refractivity (Wildman–Crippen MR) is 101 cm³/mol. The van der Waals surface area contributed by atoms with E-state index in [-0.39, 0.29) is 4.90 Å². The van der Waals surface area contributed by atoms with Crippen molar-refractivity contribution in [3.8, 4) is 0 Å². The van der Waals surface area contributed by atoms with Crippen LogP contribution in [0, 0.1) is 10.1 Å². The summed E-state index contributed by atoms with van der Waals surface area (Å²) < 4.78 is 25.7. The molecule has 0 amide bonds. The molecule has 2 unspecified atom stereocenters. The average molecular weight is 380 g/mol. The number of nitro groups is 1. The SMILES string of the molecule is CCSC(CCc1ccccc1)C([N+](=O)[O-])S(=O)(=O)c1ccccc1. The van der Waals surface area contributed by atoms with E-state index in [9.17, 15) is 18.5 Å². The van der Waals surface area contributed by atoms with E-state index < -0.39 is 25.4 Å². The zero-order chi connectivity index (χ0) is 18.3. The third-order valence-corrected chi connectivity index (χ3v) is 7.35. The van der Waals surface area contributed by atoms with E-state index in [0.29, 0.717) is 18.6 Å². The Morgan fingerprint density at radius 3 is 2.12 bits per heavy atom. The van der Waals surface area contributed by atoms with E-state index in [1.807, 2.05) is 37.3 Å². The molecule has 5 nitrogen and oxygen atoms in total. The van der Waals surface area contributed by atoms with Gasteiger partial charge >= 0.3 is 5.37 Å². The van der Waals surface area contributed by atoms with Gasteiger partial charge in [0, 0.05) is 4.92 Å². The smallest absolute Gasteiger partial charge is 0.263 e. The molecule has 25 heavy (non-hydrogen) atoms. The summed E-state index contributed by atoms with van der Waals surface area (Å²) in [5.74, 6) is 0.619. The number of nitrogens with zero attached hydrogens (tertiary/aromatic N) is 1. The van der Waals surface area contributed by atoms with Gasteiger partial charge in [-0.3, -0.25) is 10.1 Å². The molecule has 7 heteroatoms. The van der Waals surface area contributed by atoms with Crippen LogP contribution in [0.1, 0.15) is 18.9 Å². The van der Waals surface area contributed by atoms with Crippen molar-refractivity contribution >= 4 is 21.6 Å². The summed E-state index contributed by atoms with van der Waals surface area (Å²) in [5, 5.41) is 9.40. The highest BCUT2D eigenvalue weighted by Gasteiger charge is 2.44. The summed E-state index contributed by atoms with van der Waals surface area (Å²) >= 11 is 1.33. The second-order valence-corrected chi connectivity index (χ2v) is 9.11. The summed E-state index contributed by atoms with van der Waals surface area (Å²) in [4.78, 5) is 11.0. The summed E-state index contributed by atoms with van der Waals surface area (Å²) in [7, 11) is -4.05. The molecule has 0 aliphatic carbocycles. The van der Waals surface area contributed by atoms with Gasteiger partial charge in [-0.2, -0.15) is 11.8 Å². The first kappa shape index (κ1) is 19.5. The van der Waals surface area contributed by atoms with Crippen molar-refractivity contribution in [2.75, 3.05) is 5.75 Å². The normalized spacial score (nSPS) is 14.0. The summed E-state index contributed by atoms with van der Waals surface area (Å²) in [6.07, 6.45) is 1.04. The Labute approximate surface area is 152 Å². The largest absolute Gasteiger partial charge is 0.326 e. The molecule has 134 valence electrons. The van der Waals surface area contributed by atoms with Gasteiger partial charge in [0.2, 0.25) is 9.84 Å². The van der Waals surface area contributed by atoms with E-state index in [2.05, 4.69) is 0 Å². The Morgan fingerprint density at radius 2 is 1.60 bits per heavy atom. The summed E-state index contributed by atoms with van der Waals surface area (Å²) in [6, 6.07) is 17.3. The quantitative estimate of drug-likeness (QED) is 0.489. The molecule has 0 heterocycles. The topological polar surface area (TPSA) is 77.3 Å². The third-order valence-electron chi connectivity index (χ3n) is 3.86. The van der Waals surface area contributed by atoms with Gasteiger partial charge in [-0.05, 0) is 36.3 Å². The van der Waals surface area contributed by atoms with Gasteiger partial charge in [-0.15, -0.1) is 0 Å². The minimum atomic E-state index is -4.05. The molecule has 0 spiro atoms. The van der Waals surface area contributed by atoms with E-state index in [1.165, 1.54) is 23.9 Å². The van der Waals surface area contributed by atoms with Crippen molar-refractivity contribution in [1.29, 1.82) is 0 Å². The molecule has 0 saturated heterocycles. The Bertz CT molecular complexity index is 779. The standard InChI is InChI=1S/C18H21NO4S2/c1-2-24-17(14-13-15-9-5-3-6-10-15)18(19(20)21)25(22,23)16-11-7-4-8-12-16/h3-12,17-18H,2,13-14H2,1H3. The number of benzene rings is 2. The van der Waals surface area contributed by atoms with Crippen LogP contribution in [0.4, 0.5) is 0 Å². The number of sulfone groups is 1. The van der Waals surface area contributed by atoms with Crippen LogP contribution in [-0.4, -0.2) is 29.7 Å². The van der Waals surface area contributed by atoms with Crippen LogP contribution in [0.25, 0.3) is 0 Å². The van der Waals surface area contributed by atoms with E-state index in [0.717, 1.165) is 5.56 Å². The van der Waals surface area contributed by atoms with Crippen molar-refractivity contribution in [1.82, 2.24) is 0 Å². The lowest BCUT2D eigenvalue weighted by Crippen LogP contribution is -2.39. The highest BCUT2D eigenvalue weighted by Crippen LogP contribution is 2.29. The molecule has 0 N–H and O–H groups in total. The first-order valence-corrected chi connectivity index (χ1v) is 10.6. The predicted octanol–water partition coefficient (Wildman–Crippen LogP) is 3.82. The Morgan fingerprint density at radius 1 is 1.04 bits per heavy atom. The van der Waals surface area contributed by atoms with Crippen LogP contribution in [0.15, 0.2) is 65.6 Å². The van der Waals surface area contributed by atoms with Gasteiger partial charge in [-0.1, -0.05) is 55.5 Å². The Hall–Kier alpha value is -1.86. The van der Waals surface area contributed by atoms with Gasteiger partial charge in [0.15, 0.2) is 0 Å². The summed E-state index contributed by atoms with van der Waals surface area (Å²) in [6.45, 7) is 1.88. The fourth-order valence-electron chi connectivity index (χ4n) is 2.67. The van der Waals surface area contributed by atoms with Crippen LogP contribution in [0.2, 0.25) is 0 Å². The maximum atomic E-state index is 12.8. The monoisotopic (exact) mass is 379 g/mol. The van der Waals surface area contributed by atoms with Crippen LogP contribution < -0.4 is 0 Å². The van der Waals surface area contributed by atoms with Crippen molar-refractivity contribution in [3.05, 3.63) is 76.3 Å². The molecular formula is C18H21NO4S2. The van der Waals surface area contributed by atoms with Gasteiger partial charge in [0.25, 0.3) is 0 Å². The number of hydrogen-bond donors (Lipinski definition) is 0. The van der Waals surface area contributed by atoms with Gasteiger partial charge in [0.05, 0.1) is 10.1 Å². The van der Waals surface area contributed by atoms with Gasteiger partial charge in [0.1, 0.15) is 0 Å². The zero-order valence-electron chi connectivity index (χ0n) is 13.9. The maximum absolute atomic E-state index is 12.8. The van der Waals surface area contributed by atoms with E-state index in [1.54, 1.807) is 18.2 Å². The van der Waals surface area contributed by atoms with Crippen molar-refractivity contribution < 1.29 is 13.3 Å². The molecule has 0 fully saturated rings. The van der Waals surface area contributed by atoms with Gasteiger partial charge in [-0.25, -0.2) is 8.42 Å². The highest BCUT2D eigenvalue weighted by molar-refractivity contribution is 8.01. The van der Waals surface area contributed by atoms with E-state index in [4.69, 9.17) is 0 Å². The second-order valence-electron chi connectivity index (χ2n) is 5.55. The molecule has 2 aromatic carbocycles. The molecule has 0 bridgehead atoms. The van der Waals surface area contributed by atoms with Crippen LogP contribution >= 0.6 is 11.8 Å². The molecule has 0 radical (unpaired) electrons. The lowest BCUT2D eigenvalue weighted by atomic mass is 10.1. The molecule has 0 aliphatic rings. The fraction of sp³-hybridized carbons (Fsp3) is 0.333. The van der Waals surface area contributed by atoms with Crippen LogP contribution in [-0.2, 0) is 16.3 Å². The van der Waals surface area contributed by atoms with Crippen molar-refractivity contribution in [2.45, 2.75) is 35.3 Å². The minimum Gasteiger partial charge on any atom is -0.263 e. The van der Waals surface area contributed by atoms with Gasteiger partial charge < -0.3 is 0 Å². The zero-order valence-corrected chi connectivity index (χ0v) is 15.6. The maximum Gasteiger partial charge on any atom is 0.326 e. The van der Waals surface area contributed by atoms with Crippen molar-refractivity contribution in [3.63, 3.8) is 0 Å². The van der Waals surface area contributed by atoms with E-state index >= 15 is 0 Å². The van der Waals surface area contributed by atoms with Crippen molar-refractivity contribution in [2.24, 2.45) is 0 Å². The first-order chi connectivity index (χ1) is 12.0. The highest BCUT2D eigenvalue weighted by atomic mass is 32.2. The molecular weight excluding hydrogens is 358 g/mol. The molecule has 2 aromatic rings. The minimum absolute atomic E-state index is 0.00175. The Balaban J connectivity index is 2.29. The lowest BCUT2D eigenvalue weighted by molar-refractivity contribution is -0.496. The molecule has 0 saturated carbocycles. The number of aryl methyl sites for hydroxylation is 1. The average Bonchev–Trinajstić information content (AvgIpc) is 2.61. The third kappa shape index (κ3) is 5.06. The summed E-state index contributed by atoms with van der Waals surface area (Å²) in [5.41, 5.74) is 1.04. The first-order valence-electron chi connectivity index (χ1n) is 8.04. The number of hydrogen-bond acceptors (Lipinski definition) is 5. The second kappa shape index (κ2) is 9.01. The molecule has 0 aromatic heterocycles. The number of thioether (sulfide) groups is 1. The molecule has 0 aliphatic heterocycles. The fourth-order valence-corrected chi connectivity index (χ4v) is 5.90. The molecule has 2 rings (SSSR count). The Kier molecular flexibility index (Phi) is 7.01. The van der Waals surface area contributed by atoms with Crippen LogP contribution in [0.3, 0.4) is 0 Å². The molecule has 2 atom stereocenters. The van der Waals surface area contributed by atoms with Crippen LogP contribution in [0.5, 0.6) is 0 Å². The lowest BCUT2D eigenvalue weighted by Gasteiger charge is -2.20. The number of rotatable bonds is 9.